The quantitative estimate of drug-likeness (QED) is 0.0699. The van der Waals surface area contributed by atoms with Gasteiger partial charge >= 0.3 is 18.0 Å². The molecule has 4 aromatic carbocycles. The van der Waals surface area contributed by atoms with Crippen LogP contribution < -0.4 is 10.6 Å². The molecule has 0 saturated carbocycles. The summed E-state index contributed by atoms with van der Waals surface area (Å²) in [5, 5.41) is 25.2. The normalized spacial score (nSPS) is 17.3. The molecule has 5 aromatic rings. The van der Waals surface area contributed by atoms with Crippen LogP contribution in [0.25, 0.3) is 11.1 Å². The number of rotatable bonds is 14. The number of ether oxygens (including phenoxy) is 3. The van der Waals surface area contributed by atoms with E-state index in [0.717, 1.165) is 38.9 Å². The van der Waals surface area contributed by atoms with Gasteiger partial charge in [0.25, 0.3) is 0 Å². The molecule has 11 nitrogen and oxygen atoms in total. The number of aliphatic hydroxyl groups excluding tert-OH is 1. The Labute approximate surface area is 317 Å². The lowest BCUT2D eigenvalue weighted by Crippen LogP contribution is -2.47. The van der Waals surface area contributed by atoms with Gasteiger partial charge in [0.15, 0.2) is 6.29 Å². The van der Waals surface area contributed by atoms with Gasteiger partial charge in [0.2, 0.25) is 0 Å². The number of thioether (sulfide) groups is 1. The van der Waals surface area contributed by atoms with Crippen LogP contribution in [0, 0.1) is 0 Å². The van der Waals surface area contributed by atoms with Crippen molar-refractivity contribution in [3.63, 3.8) is 0 Å². The number of aliphatic hydroxyl groups is 1. The van der Waals surface area contributed by atoms with Crippen LogP contribution in [0.15, 0.2) is 126 Å². The van der Waals surface area contributed by atoms with E-state index in [4.69, 9.17) is 14.2 Å². The predicted molar refractivity (Wildman–Crippen MR) is 204 cm³/mol. The van der Waals surface area contributed by atoms with Crippen LogP contribution in [0.2, 0.25) is 0 Å². The Kier molecular flexibility index (Phi) is 13.1. The van der Waals surface area contributed by atoms with E-state index in [1.54, 1.807) is 12.3 Å². The van der Waals surface area contributed by atoms with Gasteiger partial charge < -0.3 is 35.1 Å². The number of carbonyl (C=O) groups is 3. The summed E-state index contributed by atoms with van der Waals surface area (Å²) in [6, 6.07) is 34.6. The van der Waals surface area contributed by atoms with Crippen molar-refractivity contribution < 1.29 is 38.8 Å². The van der Waals surface area contributed by atoms with Gasteiger partial charge in [0.05, 0.1) is 31.5 Å². The summed E-state index contributed by atoms with van der Waals surface area (Å²) in [7, 11) is 1.30. The van der Waals surface area contributed by atoms with E-state index in [1.807, 2.05) is 103 Å². The average molecular weight is 748 g/mol. The van der Waals surface area contributed by atoms with E-state index in [0.29, 0.717) is 23.6 Å². The van der Waals surface area contributed by atoms with Crippen LogP contribution in [0.4, 0.5) is 4.79 Å². The third kappa shape index (κ3) is 10.1. The molecule has 0 spiro atoms. The van der Waals surface area contributed by atoms with Crippen molar-refractivity contribution in [2.75, 3.05) is 12.9 Å². The lowest BCUT2D eigenvalue weighted by Gasteiger charge is -2.36. The number of benzene rings is 4. The smallest absolute Gasteiger partial charge is 0.338 e. The number of nitrogens with zero attached hydrogens (tertiary/aromatic N) is 1. The molecule has 2 heterocycles. The Morgan fingerprint density at radius 2 is 1.59 bits per heavy atom. The largest absolute Gasteiger partial charge is 0.478 e. The van der Waals surface area contributed by atoms with Gasteiger partial charge in [0, 0.05) is 36.9 Å². The second-order valence-corrected chi connectivity index (χ2v) is 13.7. The molecule has 4 N–H and O–H groups in total. The molecule has 0 aliphatic carbocycles. The standard InChI is InChI=1S/C42H41N3O8S/c1-51-40(49)36(22-27-7-3-2-4-8-27)45-42(50)44-24-29-9-5-10-33(21-29)30-16-18-32(19-17-30)41-52-34(26-54-38-35(39(47)48)11-6-20-43-38)23-37(53-41)31-14-12-28(25-46)13-15-31/h2-21,34,36-37,41,46H,22-26H2,1H3,(H,47,48)(H2,44,45,50)/t34-,36-,37+,41+/m0/s1. The molecule has 4 atom stereocenters. The Morgan fingerprint density at radius 1 is 0.852 bits per heavy atom. The number of esters is 1. The van der Waals surface area contributed by atoms with E-state index in [2.05, 4.69) is 15.6 Å². The Morgan fingerprint density at radius 3 is 2.31 bits per heavy atom. The van der Waals surface area contributed by atoms with E-state index in [-0.39, 0.29) is 30.9 Å². The fourth-order valence-corrected chi connectivity index (χ4v) is 7.14. The summed E-state index contributed by atoms with van der Waals surface area (Å²) in [5.74, 6) is -1.09. The number of aromatic nitrogens is 1. The average Bonchev–Trinajstić information content (AvgIpc) is 3.22. The summed E-state index contributed by atoms with van der Waals surface area (Å²) < 4.78 is 17.9. The van der Waals surface area contributed by atoms with Crippen LogP contribution in [0.5, 0.6) is 0 Å². The molecule has 2 amide bonds. The highest BCUT2D eigenvalue weighted by molar-refractivity contribution is 7.99. The number of amides is 2. The molecule has 54 heavy (non-hydrogen) atoms. The van der Waals surface area contributed by atoms with Crippen molar-refractivity contribution in [2.45, 2.75) is 55.6 Å². The fourth-order valence-electron chi connectivity index (χ4n) is 6.13. The molecule has 1 aliphatic heterocycles. The molecular formula is C42H41N3O8S. The van der Waals surface area contributed by atoms with E-state index in [9.17, 15) is 24.6 Å². The maximum absolute atomic E-state index is 12.8. The maximum Gasteiger partial charge on any atom is 0.338 e. The minimum Gasteiger partial charge on any atom is -0.478 e. The van der Waals surface area contributed by atoms with Gasteiger partial charge in [-0.05, 0) is 51.6 Å². The van der Waals surface area contributed by atoms with Gasteiger partial charge in [-0.2, -0.15) is 0 Å². The van der Waals surface area contributed by atoms with Crippen LogP contribution in [0.3, 0.4) is 0 Å². The molecule has 1 saturated heterocycles. The van der Waals surface area contributed by atoms with Crippen molar-refractivity contribution in [3.05, 3.63) is 155 Å². The molecule has 0 radical (unpaired) electrons. The summed E-state index contributed by atoms with van der Waals surface area (Å²) >= 11 is 1.34. The number of hydrogen-bond acceptors (Lipinski definition) is 9. The highest BCUT2D eigenvalue weighted by atomic mass is 32.2. The first kappa shape index (κ1) is 38.2. The van der Waals surface area contributed by atoms with Crippen LogP contribution in [-0.4, -0.2) is 58.2 Å². The Bertz CT molecular complexity index is 2030. The Hall–Kier alpha value is -5.53. The first-order chi connectivity index (χ1) is 26.3. The third-order valence-corrected chi connectivity index (χ3v) is 10.1. The first-order valence-electron chi connectivity index (χ1n) is 17.5. The van der Waals surface area contributed by atoms with Crippen LogP contribution in [0.1, 0.15) is 57.0 Å². The first-order valence-corrected chi connectivity index (χ1v) is 18.4. The van der Waals surface area contributed by atoms with Crippen molar-refractivity contribution in [2.24, 2.45) is 0 Å². The fraction of sp³-hybridized carbons (Fsp3) is 0.238. The van der Waals surface area contributed by atoms with Gasteiger partial charge in [-0.3, -0.25) is 0 Å². The second kappa shape index (κ2) is 18.5. The second-order valence-electron chi connectivity index (χ2n) is 12.7. The molecule has 0 unspecified atom stereocenters. The van der Waals surface area contributed by atoms with E-state index in [1.165, 1.54) is 24.9 Å². The topological polar surface area (TPSA) is 156 Å². The zero-order valence-corrected chi connectivity index (χ0v) is 30.4. The van der Waals surface area contributed by atoms with Crippen LogP contribution >= 0.6 is 11.8 Å². The lowest BCUT2D eigenvalue weighted by atomic mass is 9.99. The summed E-state index contributed by atoms with van der Waals surface area (Å²) in [5.41, 5.74) is 6.39. The third-order valence-electron chi connectivity index (χ3n) is 8.99. The van der Waals surface area contributed by atoms with Crippen molar-refractivity contribution >= 4 is 29.7 Å². The number of carbonyl (C=O) groups excluding carboxylic acids is 2. The number of methoxy groups -OCH3 is 1. The summed E-state index contributed by atoms with van der Waals surface area (Å²) in [4.78, 5) is 41.2. The Balaban J connectivity index is 1.12. The number of nitrogens with one attached hydrogen (secondary N) is 2. The monoisotopic (exact) mass is 747 g/mol. The van der Waals surface area contributed by atoms with Gasteiger partial charge in [-0.1, -0.05) is 97.1 Å². The molecule has 1 aliphatic rings. The summed E-state index contributed by atoms with van der Waals surface area (Å²) in [6.07, 6.45) is 1.17. The number of aromatic carboxylic acids is 1. The molecular weight excluding hydrogens is 707 g/mol. The minimum absolute atomic E-state index is 0.0550. The minimum atomic E-state index is -1.03. The zero-order chi connectivity index (χ0) is 37.9. The number of pyridine rings is 1. The van der Waals surface area contributed by atoms with E-state index >= 15 is 0 Å². The number of carboxylic acid groups (broad SMARTS) is 1. The predicted octanol–water partition coefficient (Wildman–Crippen LogP) is 6.86. The highest BCUT2D eigenvalue weighted by Gasteiger charge is 2.33. The molecule has 1 fully saturated rings. The van der Waals surface area contributed by atoms with Gasteiger partial charge in [0.1, 0.15) is 11.1 Å². The van der Waals surface area contributed by atoms with E-state index < -0.39 is 30.3 Å². The summed E-state index contributed by atoms with van der Waals surface area (Å²) in [6.45, 7) is 0.188. The molecule has 1 aromatic heterocycles. The SMILES string of the molecule is COC(=O)[C@H](Cc1ccccc1)NC(=O)NCc1cccc(-c2ccc([C@@H]3O[C@H](CSc4ncccc4C(=O)O)C[C@H](c4ccc(CO)cc4)O3)cc2)c1. The van der Waals surface area contributed by atoms with Gasteiger partial charge in [-0.15, -0.1) is 11.8 Å². The molecule has 12 heteroatoms. The lowest BCUT2D eigenvalue weighted by molar-refractivity contribution is -0.245. The zero-order valence-electron chi connectivity index (χ0n) is 29.6. The molecule has 6 rings (SSSR count). The number of hydrogen-bond donors (Lipinski definition) is 4. The molecule has 278 valence electrons. The highest BCUT2D eigenvalue weighted by Crippen LogP contribution is 2.40. The maximum atomic E-state index is 12.8. The number of carboxylic acids is 1. The van der Waals surface area contributed by atoms with Crippen molar-refractivity contribution in [1.29, 1.82) is 0 Å². The van der Waals surface area contributed by atoms with Crippen molar-refractivity contribution in [3.8, 4) is 11.1 Å². The molecule has 0 bridgehead atoms. The van der Waals surface area contributed by atoms with Crippen molar-refractivity contribution in [1.82, 2.24) is 15.6 Å². The van der Waals surface area contributed by atoms with Crippen LogP contribution in [-0.2, 0) is 38.6 Å². The number of urea groups is 1. The van der Waals surface area contributed by atoms with Gasteiger partial charge in [-0.25, -0.2) is 19.4 Å².